The van der Waals surface area contributed by atoms with E-state index in [0.29, 0.717) is 12.5 Å². The summed E-state index contributed by atoms with van der Waals surface area (Å²) in [7, 11) is 0. The van der Waals surface area contributed by atoms with Crippen LogP contribution in [-0.2, 0) is 14.3 Å². The standard InChI is InChI=1S/C12H18O3.Na.H/c1-3-15-12(14)11(9(2)13)8-10-6-4-5-7-10;;/h8,10H,3-7H2,1-2H3;;/q;+1;-1. The van der Waals surface area contributed by atoms with Crippen LogP contribution in [0.3, 0.4) is 0 Å². The van der Waals surface area contributed by atoms with Gasteiger partial charge in [-0.1, -0.05) is 18.9 Å². The summed E-state index contributed by atoms with van der Waals surface area (Å²) in [5.74, 6) is -0.287. The van der Waals surface area contributed by atoms with Gasteiger partial charge in [0, 0.05) is 0 Å². The van der Waals surface area contributed by atoms with Gasteiger partial charge in [-0.25, -0.2) is 4.79 Å². The van der Waals surface area contributed by atoms with Gasteiger partial charge < -0.3 is 6.16 Å². The Balaban J connectivity index is 0. The van der Waals surface area contributed by atoms with Gasteiger partial charge in [-0.3, -0.25) is 4.79 Å². The molecule has 0 saturated heterocycles. The number of rotatable bonds is 4. The van der Waals surface area contributed by atoms with Gasteiger partial charge in [0.15, 0.2) is 5.78 Å². The Morgan fingerprint density at radius 3 is 2.38 bits per heavy atom. The van der Waals surface area contributed by atoms with E-state index in [1.165, 1.54) is 19.8 Å². The van der Waals surface area contributed by atoms with Crippen molar-refractivity contribution in [3.8, 4) is 0 Å². The van der Waals surface area contributed by atoms with Crippen molar-refractivity contribution in [2.45, 2.75) is 39.5 Å². The van der Waals surface area contributed by atoms with Crippen molar-refractivity contribution in [3.05, 3.63) is 11.6 Å². The first-order chi connectivity index (χ1) is 7.15. The largest absolute Gasteiger partial charge is 1.00 e. The van der Waals surface area contributed by atoms with Crippen LogP contribution in [0.25, 0.3) is 0 Å². The first kappa shape index (κ1) is 15.9. The minimum Gasteiger partial charge on any atom is -1.00 e. The van der Waals surface area contributed by atoms with E-state index in [1.54, 1.807) is 13.0 Å². The average Bonchev–Trinajstić information content (AvgIpc) is 2.66. The molecule has 1 fully saturated rings. The smallest absolute Gasteiger partial charge is 1.00 e. The average molecular weight is 234 g/mol. The van der Waals surface area contributed by atoms with Gasteiger partial charge in [0.25, 0.3) is 0 Å². The molecule has 1 saturated carbocycles. The second kappa shape index (κ2) is 8.04. The van der Waals surface area contributed by atoms with E-state index in [0.717, 1.165) is 12.8 Å². The third-order valence-corrected chi connectivity index (χ3v) is 2.68. The Labute approximate surface area is 120 Å². The molecule has 0 aromatic rings. The number of Topliss-reactive ketones (excluding diaryl/α,β-unsaturated/α-hetero) is 1. The van der Waals surface area contributed by atoms with Crippen LogP contribution in [-0.4, -0.2) is 18.4 Å². The summed E-state index contributed by atoms with van der Waals surface area (Å²) in [4.78, 5) is 22.7. The molecule has 0 heterocycles. The molecule has 0 aromatic heterocycles. The second-order valence-corrected chi connectivity index (χ2v) is 3.90. The molecule has 1 aliphatic rings. The minimum absolute atomic E-state index is 0. The fraction of sp³-hybridized carbons (Fsp3) is 0.667. The van der Waals surface area contributed by atoms with Gasteiger partial charge in [0.05, 0.1) is 12.2 Å². The zero-order valence-corrected chi connectivity index (χ0v) is 12.4. The van der Waals surface area contributed by atoms with E-state index >= 15 is 0 Å². The zero-order chi connectivity index (χ0) is 11.3. The molecular formula is C12H19NaO3. The first-order valence-corrected chi connectivity index (χ1v) is 5.55. The van der Waals surface area contributed by atoms with Crippen LogP contribution in [0, 0.1) is 5.92 Å². The van der Waals surface area contributed by atoms with Crippen molar-refractivity contribution < 1.29 is 45.3 Å². The van der Waals surface area contributed by atoms with E-state index in [4.69, 9.17) is 4.74 Å². The van der Waals surface area contributed by atoms with Crippen LogP contribution in [0.2, 0.25) is 0 Å². The zero-order valence-electron chi connectivity index (χ0n) is 11.4. The Morgan fingerprint density at radius 1 is 1.38 bits per heavy atom. The number of carbonyl (C=O) groups is 2. The Kier molecular flexibility index (Phi) is 7.98. The van der Waals surface area contributed by atoms with E-state index in [9.17, 15) is 9.59 Å². The molecule has 1 rings (SSSR count). The van der Waals surface area contributed by atoms with Gasteiger partial charge in [0.1, 0.15) is 0 Å². The molecule has 0 bridgehead atoms. The first-order valence-electron chi connectivity index (χ1n) is 5.55. The van der Waals surface area contributed by atoms with Crippen LogP contribution in [0.1, 0.15) is 41.0 Å². The summed E-state index contributed by atoms with van der Waals surface area (Å²) in [6.45, 7) is 3.47. The van der Waals surface area contributed by atoms with Gasteiger partial charge in [-0.15, -0.1) is 0 Å². The molecule has 3 nitrogen and oxygen atoms in total. The summed E-state index contributed by atoms with van der Waals surface area (Å²) in [6, 6.07) is 0. The van der Waals surface area contributed by atoms with Gasteiger partial charge >= 0.3 is 35.5 Å². The van der Waals surface area contributed by atoms with Crippen LogP contribution < -0.4 is 29.6 Å². The maximum atomic E-state index is 11.5. The predicted octanol–water partition coefficient (Wildman–Crippen LogP) is -0.628. The number of hydrogen-bond acceptors (Lipinski definition) is 3. The van der Waals surface area contributed by atoms with Crippen molar-refractivity contribution >= 4 is 11.8 Å². The fourth-order valence-electron chi connectivity index (χ4n) is 1.90. The molecule has 0 aromatic carbocycles. The molecule has 1 aliphatic carbocycles. The summed E-state index contributed by atoms with van der Waals surface area (Å²) in [5.41, 5.74) is 0.226. The van der Waals surface area contributed by atoms with E-state index < -0.39 is 5.97 Å². The number of esters is 1. The number of ketones is 1. The molecule has 0 radical (unpaired) electrons. The van der Waals surface area contributed by atoms with E-state index in [2.05, 4.69) is 0 Å². The van der Waals surface area contributed by atoms with Gasteiger partial charge in [-0.2, -0.15) is 0 Å². The molecule has 86 valence electrons. The Morgan fingerprint density at radius 2 is 1.94 bits per heavy atom. The molecule has 16 heavy (non-hydrogen) atoms. The van der Waals surface area contributed by atoms with Crippen molar-refractivity contribution in [2.24, 2.45) is 5.92 Å². The summed E-state index contributed by atoms with van der Waals surface area (Å²) in [5, 5.41) is 0. The molecule has 0 spiro atoms. The van der Waals surface area contributed by atoms with Gasteiger partial charge in [0.2, 0.25) is 0 Å². The number of ether oxygens (including phenoxy) is 1. The Hall–Kier alpha value is -0.120. The van der Waals surface area contributed by atoms with E-state index in [1.807, 2.05) is 0 Å². The quantitative estimate of drug-likeness (QED) is 0.214. The van der Waals surface area contributed by atoms with Crippen LogP contribution in [0.15, 0.2) is 11.6 Å². The Bertz CT molecular complexity index is 283. The van der Waals surface area contributed by atoms with Crippen molar-refractivity contribution in [1.82, 2.24) is 0 Å². The minimum atomic E-state index is -0.475. The van der Waals surface area contributed by atoms with Crippen molar-refractivity contribution in [2.75, 3.05) is 6.61 Å². The van der Waals surface area contributed by atoms with Gasteiger partial charge in [-0.05, 0) is 32.6 Å². The molecule has 0 atom stereocenters. The molecule has 0 unspecified atom stereocenters. The van der Waals surface area contributed by atoms with Crippen LogP contribution in [0.4, 0.5) is 0 Å². The maximum Gasteiger partial charge on any atom is 1.00 e. The molecule has 0 N–H and O–H groups in total. The van der Waals surface area contributed by atoms with Crippen molar-refractivity contribution in [3.63, 3.8) is 0 Å². The third-order valence-electron chi connectivity index (χ3n) is 2.68. The molecule has 4 heteroatoms. The topological polar surface area (TPSA) is 43.4 Å². The van der Waals surface area contributed by atoms with Crippen molar-refractivity contribution in [1.29, 1.82) is 0 Å². The summed E-state index contributed by atoms with van der Waals surface area (Å²) in [6.07, 6.45) is 6.34. The van der Waals surface area contributed by atoms with E-state index in [-0.39, 0.29) is 42.3 Å². The number of hydrogen-bond donors (Lipinski definition) is 0. The SMILES string of the molecule is CCOC(=O)C(=CC1CCCC1)C(C)=O.[H-].[Na+]. The number of allylic oxidation sites excluding steroid dienone is 1. The second-order valence-electron chi connectivity index (χ2n) is 3.90. The molecule has 0 aliphatic heterocycles. The molecular weight excluding hydrogens is 215 g/mol. The van der Waals surface area contributed by atoms with Crippen LogP contribution in [0.5, 0.6) is 0 Å². The fourth-order valence-corrected chi connectivity index (χ4v) is 1.90. The van der Waals surface area contributed by atoms with Crippen LogP contribution >= 0.6 is 0 Å². The normalized spacial score (nSPS) is 16.8. The molecule has 0 amide bonds. The number of carbonyl (C=O) groups excluding carboxylic acids is 2. The monoisotopic (exact) mass is 234 g/mol. The third kappa shape index (κ3) is 4.81. The summed E-state index contributed by atoms with van der Waals surface area (Å²) < 4.78 is 4.85. The maximum absolute atomic E-state index is 11.5. The summed E-state index contributed by atoms with van der Waals surface area (Å²) >= 11 is 0. The predicted molar refractivity (Wildman–Crippen MR) is 58.5 cm³/mol.